The van der Waals surface area contributed by atoms with Crippen LogP contribution >= 0.6 is 35.7 Å². The van der Waals surface area contributed by atoms with Crippen molar-refractivity contribution in [3.8, 4) is 0 Å². The predicted octanol–water partition coefficient (Wildman–Crippen LogP) is 2.92. The molecule has 0 unspecified atom stereocenters. The molecule has 1 aromatic rings. The average molecular weight is 476 g/mol. The van der Waals surface area contributed by atoms with Gasteiger partial charge in [-0.15, -0.1) is 35.7 Å². The Bertz CT molecular complexity index is 533. The van der Waals surface area contributed by atoms with Crippen molar-refractivity contribution in [2.24, 2.45) is 4.99 Å². The van der Waals surface area contributed by atoms with Gasteiger partial charge < -0.3 is 15.1 Å². The van der Waals surface area contributed by atoms with Crippen molar-refractivity contribution in [3.05, 3.63) is 30.3 Å². The Hall–Kier alpha value is -0.960. The summed E-state index contributed by atoms with van der Waals surface area (Å²) in [5.41, 5.74) is 0. The molecule has 1 N–H and O–H groups in total. The maximum absolute atomic E-state index is 11.4. The van der Waals surface area contributed by atoms with Gasteiger partial charge >= 0.3 is 0 Å². The fraction of sp³-hybridized carbons (Fsp3) is 0.556. The summed E-state index contributed by atoms with van der Waals surface area (Å²) in [6.45, 7) is 8.69. The first-order valence-electron chi connectivity index (χ1n) is 8.67. The van der Waals surface area contributed by atoms with Gasteiger partial charge in [0.15, 0.2) is 5.96 Å². The molecule has 25 heavy (non-hydrogen) atoms. The lowest BCUT2D eigenvalue weighted by Crippen LogP contribution is -2.53. The zero-order valence-corrected chi connectivity index (χ0v) is 18.3. The van der Waals surface area contributed by atoms with E-state index in [4.69, 9.17) is 4.99 Å². The van der Waals surface area contributed by atoms with Crippen LogP contribution in [0.15, 0.2) is 40.2 Å². The number of hydrogen-bond donors (Lipinski definition) is 1. The number of nitrogens with one attached hydrogen (secondary N) is 1. The molecular weight excluding hydrogens is 447 g/mol. The van der Waals surface area contributed by atoms with E-state index < -0.39 is 0 Å². The molecule has 0 radical (unpaired) electrons. The summed E-state index contributed by atoms with van der Waals surface area (Å²) in [6, 6.07) is 10.5. The Morgan fingerprint density at radius 1 is 1.16 bits per heavy atom. The molecule has 1 aromatic carbocycles. The molecule has 1 amide bonds. The van der Waals surface area contributed by atoms with E-state index in [0.717, 1.165) is 57.4 Å². The number of aliphatic imine (C=N–C) groups is 1. The van der Waals surface area contributed by atoms with E-state index in [1.807, 2.05) is 22.7 Å². The quantitative estimate of drug-likeness (QED) is 0.226. The molecule has 5 nitrogen and oxygen atoms in total. The zero-order chi connectivity index (χ0) is 17.2. The Labute approximate surface area is 172 Å². The van der Waals surface area contributed by atoms with Crippen molar-refractivity contribution < 1.29 is 4.79 Å². The average Bonchev–Trinajstić information content (AvgIpc) is 2.61. The lowest BCUT2D eigenvalue weighted by Gasteiger charge is -2.36. The first-order chi connectivity index (χ1) is 11.7. The number of hydrogen-bond acceptors (Lipinski definition) is 3. The van der Waals surface area contributed by atoms with Gasteiger partial charge in [0, 0.05) is 51.1 Å². The van der Waals surface area contributed by atoms with Crippen molar-refractivity contribution in [2.45, 2.75) is 25.2 Å². The van der Waals surface area contributed by atoms with Crippen LogP contribution in [-0.4, -0.2) is 66.7 Å². The lowest BCUT2D eigenvalue weighted by molar-refractivity contribution is -0.130. The van der Waals surface area contributed by atoms with Gasteiger partial charge in [0.05, 0.1) is 0 Å². The third-order valence-corrected chi connectivity index (χ3v) is 5.03. The SMILES string of the molecule is CCNC(=NCCCSc1ccccc1)N1CCN(C(C)=O)CC1.I. The first-order valence-corrected chi connectivity index (χ1v) is 9.66. The number of benzene rings is 1. The van der Waals surface area contributed by atoms with Crippen LogP contribution in [0.1, 0.15) is 20.3 Å². The van der Waals surface area contributed by atoms with E-state index in [2.05, 4.69) is 41.4 Å². The summed E-state index contributed by atoms with van der Waals surface area (Å²) in [5.74, 6) is 2.21. The van der Waals surface area contributed by atoms with Crippen LogP contribution < -0.4 is 5.32 Å². The van der Waals surface area contributed by atoms with Gasteiger partial charge in [0.1, 0.15) is 0 Å². The summed E-state index contributed by atoms with van der Waals surface area (Å²) in [4.78, 5) is 21.6. The zero-order valence-electron chi connectivity index (χ0n) is 15.1. The summed E-state index contributed by atoms with van der Waals surface area (Å²) in [5, 5.41) is 3.37. The molecule has 1 aliphatic heterocycles. The highest BCUT2D eigenvalue weighted by atomic mass is 127. The maximum Gasteiger partial charge on any atom is 0.219 e. The van der Waals surface area contributed by atoms with Gasteiger partial charge in [-0.2, -0.15) is 0 Å². The van der Waals surface area contributed by atoms with Gasteiger partial charge in [-0.1, -0.05) is 18.2 Å². The highest BCUT2D eigenvalue weighted by molar-refractivity contribution is 14.0. The highest BCUT2D eigenvalue weighted by Crippen LogP contribution is 2.17. The number of guanidine groups is 1. The Morgan fingerprint density at radius 2 is 1.80 bits per heavy atom. The topological polar surface area (TPSA) is 47.9 Å². The Morgan fingerprint density at radius 3 is 2.40 bits per heavy atom. The Kier molecular flexibility index (Phi) is 11.0. The number of carbonyl (C=O) groups is 1. The molecular formula is C18H29IN4OS. The van der Waals surface area contributed by atoms with Crippen molar-refractivity contribution in [1.82, 2.24) is 15.1 Å². The van der Waals surface area contributed by atoms with Gasteiger partial charge in [-0.25, -0.2) is 0 Å². The molecule has 0 bridgehead atoms. The molecule has 1 fully saturated rings. The van der Waals surface area contributed by atoms with E-state index in [-0.39, 0.29) is 29.9 Å². The van der Waals surface area contributed by atoms with Crippen LogP contribution in [0.3, 0.4) is 0 Å². The molecule has 0 spiro atoms. The Balaban J connectivity index is 0.00000312. The molecule has 0 saturated carbocycles. The summed E-state index contributed by atoms with van der Waals surface area (Å²) >= 11 is 1.88. The molecule has 2 rings (SSSR count). The van der Waals surface area contributed by atoms with Crippen LogP contribution in [0.5, 0.6) is 0 Å². The second-order valence-electron chi connectivity index (χ2n) is 5.74. The van der Waals surface area contributed by atoms with Crippen molar-refractivity contribution in [1.29, 1.82) is 0 Å². The lowest BCUT2D eigenvalue weighted by atomic mass is 10.3. The van der Waals surface area contributed by atoms with E-state index in [1.54, 1.807) is 6.92 Å². The monoisotopic (exact) mass is 476 g/mol. The smallest absolute Gasteiger partial charge is 0.219 e. The van der Waals surface area contributed by atoms with E-state index in [9.17, 15) is 4.79 Å². The highest BCUT2D eigenvalue weighted by Gasteiger charge is 2.20. The van der Waals surface area contributed by atoms with Gasteiger partial charge in [0.25, 0.3) is 0 Å². The van der Waals surface area contributed by atoms with Crippen LogP contribution in [0, 0.1) is 0 Å². The fourth-order valence-corrected chi connectivity index (χ4v) is 3.47. The van der Waals surface area contributed by atoms with Gasteiger partial charge in [-0.3, -0.25) is 9.79 Å². The standard InChI is InChI=1S/C18H28N4OS.HI/c1-3-19-18(22-13-11-21(12-14-22)16(2)23)20-10-7-15-24-17-8-5-4-6-9-17;/h4-6,8-9H,3,7,10-15H2,1-2H3,(H,19,20);1H. The summed E-state index contributed by atoms with van der Waals surface area (Å²) < 4.78 is 0. The van der Waals surface area contributed by atoms with Crippen LogP contribution in [0.4, 0.5) is 0 Å². The minimum Gasteiger partial charge on any atom is -0.357 e. The number of halogens is 1. The third-order valence-electron chi connectivity index (χ3n) is 3.94. The fourth-order valence-electron chi connectivity index (χ4n) is 2.62. The van der Waals surface area contributed by atoms with Gasteiger partial charge in [0.2, 0.25) is 5.91 Å². The molecule has 1 heterocycles. The van der Waals surface area contributed by atoms with Crippen LogP contribution in [0.2, 0.25) is 0 Å². The largest absolute Gasteiger partial charge is 0.357 e. The van der Waals surface area contributed by atoms with Gasteiger partial charge in [-0.05, 0) is 31.2 Å². The summed E-state index contributed by atoms with van der Waals surface area (Å²) in [7, 11) is 0. The molecule has 1 aliphatic rings. The number of rotatable bonds is 6. The molecule has 0 aromatic heterocycles. The number of amides is 1. The number of piperazine rings is 1. The molecule has 140 valence electrons. The third kappa shape index (κ3) is 7.85. The van der Waals surface area contributed by atoms with Crippen molar-refractivity contribution in [2.75, 3.05) is 45.0 Å². The van der Waals surface area contributed by atoms with Crippen LogP contribution in [-0.2, 0) is 4.79 Å². The number of nitrogens with zero attached hydrogens (tertiary/aromatic N) is 3. The first kappa shape index (κ1) is 22.1. The number of carbonyl (C=O) groups excluding carboxylic acids is 1. The molecule has 0 atom stereocenters. The maximum atomic E-state index is 11.4. The predicted molar refractivity (Wildman–Crippen MR) is 117 cm³/mol. The minimum atomic E-state index is 0. The van der Waals surface area contributed by atoms with Crippen molar-refractivity contribution in [3.63, 3.8) is 0 Å². The molecule has 0 aliphatic carbocycles. The van der Waals surface area contributed by atoms with E-state index in [1.165, 1.54) is 4.90 Å². The minimum absolute atomic E-state index is 0. The van der Waals surface area contributed by atoms with E-state index >= 15 is 0 Å². The molecule has 1 saturated heterocycles. The van der Waals surface area contributed by atoms with Crippen molar-refractivity contribution >= 4 is 47.6 Å². The second-order valence-corrected chi connectivity index (χ2v) is 6.91. The second kappa shape index (κ2) is 12.4. The van der Waals surface area contributed by atoms with Crippen LogP contribution in [0.25, 0.3) is 0 Å². The molecule has 7 heteroatoms. The normalized spacial score (nSPS) is 14.9. The summed E-state index contributed by atoms with van der Waals surface area (Å²) in [6.07, 6.45) is 1.06. The van der Waals surface area contributed by atoms with E-state index in [0.29, 0.717) is 0 Å². The number of thioether (sulfide) groups is 1.